The first kappa shape index (κ1) is 23.5. The molecule has 0 amide bonds. The summed E-state index contributed by atoms with van der Waals surface area (Å²) in [5.74, 6) is 2.46. The van der Waals surface area contributed by atoms with E-state index in [-0.39, 0.29) is 7.43 Å². The predicted octanol–water partition coefficient (Wildman–Crippen LogP) is 6.31. The molecule has 174 valence electrons. The summed E-state index contributed by atoms with van der Waals surface area (Å²) in [5, 5.41) is 12.1. The summed E-state index contributed by atoms with van der Waals surface area (Å²) in [6.07, 6.45) is 4.81. The van der Waals surface area contributed by atoms with E-state index in [1.54, 1.807) is 0 Å². The van der Waals surface area contributed by atoms with Crippen LogP contribution < -0.4 is 15.5 Å². The summed E-state index contributed by atoms with van der Waals surface area (Å²) in [4.78, 5) is 11.6. The lowest BCUT2D eigenvalue weighted by Crippen LogP contribution is -2.31. The van der Waals surface area contributed by atoms with Crippen molar-refractivity contribution in [1.82, 2.24) is 15.3 Å². The number of hydrogen-bond donors (Lipinski definition) is 2. The highest BCUT2D eigenvalue weighted by Crippen LogP contribution is 2.29. The van der Waals surface area contributed by atoms with Crippen molar-refractivity contribution in [2.45, 2.75) is 45.7 Å². The van der Waals surface area contributed by atoms with Gasteiger partial charge in [0.05, 0.1) is 5.52 Å². The van der Waals surface area contributed by atoms with Gasteiger partial charge < -0.3 is 15.5 Å². The lowest BCUT2D eigenvalue weighted by atomic mass is 9.86. The number of benzene rings is 2. The van der Waals surface area contributed by atoms with E-state index >= 15 is 0 Å². The smallest absolute Gasteiger partial charge is 0.225 e. The molecule has 0 unspecified atom stereocenters. The van der Waals surface area contributed by atoms with Gasteiger partial charge in [-0.15, -0.1) is 11.3 Å². The van der Waals surface area contributed by atoms with Crippen molar-refractivity contribution in [2.75, 3.05) is 30.9 Å². The summed E-state index contributed by atoms with van der Waals surface area (Å²) in [6, 6.07) is 17.4. The number of thiophene rings is 1. The molecule has 1 aliphatic rings. The minimum Gasteiger partial charge on any atom is -0.362 e. The van der Waals surface area contributed by atoms with Crippen molar-refractivity contribution in [3.63, 3.8) is 0 Å². The zero-order valence-electron chi connectivity index (χ0n) is 18.8. The first-order chi connectivity index (χ1) is 15.7. The van der Waals surface area contributed by atoms with Crippen LogP contribution in [-0.4, -0.2) is 36.6 Å². The second-order valence-electron chi connectivity index (χ2n) is 9.03. The average molecular weight is 462 g/mol. The minimum atomic E-state index is 0. The SMILES string of the molecule is C.CN(C)c1nc(NC2CCC(CNCc3csc4ccccc34)CC2)nc2ccccc12. The van der Waals surface area contributed by atoms with Crippen LogP contribution in [0.1, 0.15) is 38.7 Å². The lowest BCUT2D eigenvalue weighted by molar-refractivity contribution is 0.324. The number of fused-ring (bicyclic) bond motifs is 2. The molecule has 2 heterocycles. The summed E-state index contributed by atoms with van der Waals surface area (Å²) in [7, 11) is 4.07. The molecule has 0 radical (unpaired) electrons. The van der Waals surface area contributed by atoms with Crippen LogP contribution >= 0.6 is 11.3 Å². The topological polar surface area (TPSA) is 53.1 Å². The zero-order chi connectivity index (χ0) is 21.9. The summed E-state index contributed by atoms with van der Waals surface area (Å²) < 4.78 is 1.38. The highest BCUT2D eigenvalue weighted by Gasteiger charge is 2.22. The first-order valence-corrected chi connectivity index (χ1v) is 12.4. The highest BCUT2D eigenvalue weighted by atomic mass is 32.1. The molecule has 5 rings (SSSR count). The van der Waals surface area contributed by atoms with Gasteiger partial charge in [0.25, 0.3) is 0 Å². The van der Waals surface area contributed by atoms with Crippen LogP contribution in [0.2, 0.25) is 0 Å². The van der Waals surface area contributed by atoms with Gasteiger partial charge in [0.2, 0.25) is 5.95 Å². The Labute approximate surface area is 201 Å². The fourth-order valence-electron chi connectivity index (χ4n) is 4.74. The normalized spacial score (nSPS) is 18.2. The van der Waals surface area contributed by atoms with Crippen LogP contribution in [0, 0.1) is 5.92 Å². The number of anilines is 2. The fourth-order valence-corrected chi connectivity index (χ4v) is 5.70. The van der Waals surface area contributed by atoms with Gasteiger partial charge >= 0.3 is 0 Å². The van der Waals surface area contributed by atoms with E-state index in [0.29, 0.717) is 6.04 Å². The second kappa shape index (κ2) is 10.5. The summed E-state index contributed by atoms with van der Waals surface area (Å²) in [5.41, 5.74) is 2.42. The van der Waals surface area contributed by atoms with Crippen LogP contribution in [0.5, 0.6) is 0 Å². The first-order valence-electron chi connectivity index (χ1n) is 11.5. The monoisotopic (exact) mass is 461 g/mol. The highest BCUT2D eigenvalue weighted by molar-refractivity contribution is 7.17. The van der Waals surface area contributed by atoms with E-state index < -0.39 is 0 Å². The van der Waals surface area contributed by atoms with Gasteiger partial charge in [-0.05, 0) is 72.7 Å². The molecule has 1 aliphatic carbocycles. The number of aromatic nitrogens is 2. The van der Waals surface area contributed by atoms with Crippen molar-refractivity contribution in [1.29, 1.82) is 0 Å². The quantitative estimate of drug-likeness (QED) is 0.338. The molecule has 1 fully saturated rings. The number of hydrogen-bond acceptors (Lipinski definition) is 6. The van der Waals surface area contributed by atoms with Gasteiger partial charge in [-0.25, -0.2) is 4.98 Å². The Hall–Kier alpha value is -2.70. The Bertz CT molecular complexity index is 1190. The lowest BCUT2D eigenvalue weighted by Gasteiger charge is -2.29. The average Bonchev–Trinajstić information content (AvgIpc) is 3.23. The standard InChI is InChI=1S/C26H31N5S.CH4/c1-31(2)25-22-8-3-5-9-23(22)29-26(30-25)28-20-13-11-18(12-14-20)15-27-16-19-17-32-24-10-6-4-7-21(19)24;/h3-10,17-18,20,27H,11-16H2,1-2H3,(H,28,29,30);1H4. The van der Waals surface area contributed by atoms with Crippen molar-refractivity contribution < 1.29 is 0 Å². The largest absolute Gasteiger partial charge is 0.362 e. The molecule has 5 nitrogen and oxygen atoms in total. The minimum absolute atomic E-state index is 0. The maximum atomic E-state index is 4.81. The number of para-hydroxylation sites is 1. The molecular formula is C27H35N5S. The van der Waals surface area contributed by atoms with Gasteiger partial charge in [-0.1, -0.05) is 37.8 Å². The van der Waals surface area contributed by atoms with Crippen molar-refractivity contribution in [2.24, 2.45) is 5.92 Å². The van der Waals surface area contributed by atoms with Gasteiger partial charge in [0.1, 0.15) is 5.82 Å². The van der Waals surface area contributed by atoms with Gasteiger partial charge in [0, 0.05) is 36.8 Å². The Morgan fingerprint density at radius 2 is 1.67 bits per heavy atom. The Kier molecular flexibility index (Phi) is 7.46. The van der Waals surface area contributed by atoms with Gasteiger partial charge in [0.15, 0.2) is 0 Å². The molecule has 0 saturated heterocycles. The molecule has 2 aromatic heterocycles. The molecule has 2 N–H and O–H groups in total. The predicted molar refractivity (Wildman–Crippen MR) is 143 cm³/mol. The Morgan fingerprint density at radius 3 is 2.45 bits per heavy atom. The maximum Gasteiger partial charge on any atom is 0.225 e. The molecule has 33 heavy (non-hydrogen) atoms. The summed E-state index contributed by atoms with van der Waals surface area (Å²) >= 11 is 1.84. The number of rotatable bonds is 7. The van der Waals surface area contributed by atoms with E-state index in [4.69, 9.17) is 9.97 Å². The number of nitrogens with zero attached hydrogens (tertiary/aromatic N) is 3. The molecule has 6 heteroatoms. The zero-order valence-corrected chi connectivity index (χ0v) is 19.7. The van der Waals surface area contributed by atoms with Crippen LogP contribution in [-0.2, 0) is 6.54 Å². The molecule has 0 aliphatic heterocycles. The third-order valence-corrected chi connectivity index (χ3v) is 7.51. The van der Waals surface area contributed by atoms with Crippen molar-refractivity contribution in [3.8, 4) is 0 Å². The fraction of sp³-hybridized carbons (Fsp3) is 0.407. The van der Waals surface area contributed by atoms with E-state index in [1.165, 1.54) is 41.3 Å². The van der Waals surface area contributed by atoms with E-state index in [2.05, 4.69) is 57.3 Å². The molecule has 4 aromatic rings. The molecule has 1 saturated carbocycles. The van der Waals surface area contributed by atoms with E-state index in [9.17, 15) is 0 Å². The summed E-state index contributed by atoms with van der Waals surface area (Å²) in [6.45, 7) is 2.05. The van der Waals surface area contributed by atoms with Crippen molar-refractivity contribution in [3.05, 3.63) is 59.5 Å². The Morgan fingerprint density at radius 1 is 0.939 bits per heavy atom. The molecule has 0 atom stereocenters. The van der Waals surface area contributed by atoms with Crippen LogP contribution in [0.25, 0.3) is 21.0 Å². The van der Waals surface area contributed by atoms with Crippen molar-refractivity contribution >= 4 is 44.1 Å². The van der Waals surface area contributed by atoms with E-state index in [0.717, 1.165) is 41.7 Å². The Balaban J connectivity index is 0.00000259. The molecule has 2 aromatic carbocycles. The van der Waals surface area contributed by atoms with Crippen LogP contribution in [0.15, 0.2) is 53.9 Å². The third kappa shape index (κ3) is 5.28. The van der Waals surface area contributed by atoms with Crippen LogP contribution in [0.3, 0.4) is 0 Å². The van der Waals surface area contributed by atoms with Gasteiger partial charge in [-0.2, -0.15) is 4.98 Å². The number of nitrogens with one attached hydrogen (secondary N) is 2. The molecule has 0 spiro atoms. The second-order valence-corrected chi connectivity index (χ2v) is 9.94. The third-order valence-electron chi connectivity index (χ3n) is 6.50. The maximum absolute atomic E-state index is 4.81. The van der Waals surface area contributed by atoms with Gasteiger partial charge in [-0.3, -0.25) is 0 Å². The van der Waals surface area contributed by atoms with Crippen LogP contribution in [0.4, 0.5) is 11.8 Å². The molecular weight excluding hydrogens is 426 g/mol. The molecule has 0 bridgehead atoms. The van der Waals surface area contributed by atoms with E-state index in [1.807, 2.05) is 37.6 Å².